The first-order valence-corrected chi connectivity index (χ1v) is 6.98. The molecule has 0 radical (unpaired) electrons. The van der Waals surface area contributed by atoms with E-state index in [-0.39, 0.29) is 0 Å². The number of hydrogen-bond acceptors (Lipinski definition) is 1. The lowest BCUT2D eigenvalue weighted by molar-refractivity contribution is -0.133. The van der Waals surface area contributed by atoms with Gasteiger partial charge in [0, 0.05) is 18.5 Å². The average Bonchev–Trinajstić information content (AvgIpc) is 2.58. The molecule has 1 aliphatic heterocycles. The van der Waals surface area contributed by atoms with Gasteiger partial charge >= 0.3 is 0 Å². The van der Waals surface area contributed by atoms with Crippen molar-refractivity contribution in [2.24, 2.45) is 0 Å². The minimum atomic E-state index is 0.383. The Morgan fingerprint density at radius 2 is 1.62 bits per heavy atom. The number of hydrogen-bond donors (Lipinski definition) is 0. The summed E-state index contributed by atoms with van der Waals surface area (Å²) in [6.45, 7) is 6.58. The molecular formula is C14H27NO. The summed E-state index contributed by atoms with van der Waals surface area (Å²) >= 11 is 0. The molecule has 2 atom stereocenters. The minimum Gasteiger partial charge on any atom is -0.337 e. The van der Waals surface area contributed by atoms with Gasteiger partial charge in [-0.15, -0.1) is 0 Å². The maximum absolute atomic E-state index is 12.0. The quantitative estimate of drug-likeness (QED) is 0.630. The summed E-state index contributed by atoms with van der Waals surface area (Å²) in [5.74, 6) is 0.383. The van der Waals surface area contributed by atoms with Crippen LogP contribution < -0.4 is 0 Å². The Hall–Kier alpha value is -0.530. The first-order chi connectivity index (χ1) is 7.66. The number of amides is 1. The molecule has 0 aromatic rings. The number of carbonyl (C=O) groups is 1. The zero-order valence-corrected chi connectivity index (χ0v) is 11.2. The molecule has 2 heteroatoms. The molecule has 0 spiro atoms. The van der Waals surface area contributed by atoms with E-state index in [9.17, 15) is 4.79 Å². The maximum Gasteiger partial charge on any atom is 0.223 e. The fraction of sp³-hybridized carbons (Fsp3) is 0.929. The van der Waals surface area contributed by atoms with E-state index in [1.807, 2.05) is 0 Å². The third-order valence-electron chi connectivity index (χ3n) is 3.73. The standard InChI is InChI=1S/C14H27NO/c1-4-5-6-7-8-9-14(16)15-12(2)10-11-13(15)3/h12-13H,4-11H2,1-3H3/t12-,13-/m0/s1. The summed E-state index contributed by atoms with van der Waals surface area (Å²) in [5, 5.41) is 0. The predicted molar refractivity (Wildman–Crippen MR) is 68.4 cm³/mol. The molecular weight excluding hydrogens is 198 g/mol. The smallest absolute Gasteiger partial charge is 0.223 e. The number of nitrogens with zero attached hydrogens (tertiary/aromatic N) is 1. The SMILES string of the molecule is CCCCCCCC(=O)N1[C@@H](C)CC[C@@H]1C. The number of rotatable bonds is 6. The lowest BCUT2D eigenvalue weighted by Gasteiger charge is -2.26. The molecule has 1 rings (SSSR count). The Labute approximate surface area is 100 Å². The highest BCUT2D eigenvalue weighted by Crippen LogP contribution is 2.24. The van der Waals surface area contributed by atoms with Crippen LogP contribution in [-0.4, -0.2) is 22.9 Å². The third kappa shape index (κ3) is 3.80. The summed E-state index contributed by atoms with van der Waals surface area (Å²) in [7, 11) is 0. The van der Waals surface area contributed by atoms with Crippen molar-refractivity contribution in [1.29, 1.82) is 0 Å². The number of carbonyl (C=O) groups excluding carboxylic acids is 1. The zero-order valence-electron chi connectivity index (χ0n) is 11.2. The van der Waals surface area contributed by atoms with Gasteiger partial charge in [0.15, 0.2) is 0 Å². The van der Waals surface area contributed by atoms with Crippen LogP contribution in [0.4, 0.5) is 0 Å². The van der Waals surface area contributed by atoms with Crippen molar-refractivity contribution >= 4 is 5.91 Å². The van der Waals surface area contributed by atoms with Crippen LogP contribution in [0.5, 0.6) is 0 Å². The molecule has 0 N–H and O–H groups in total. The molecule has 0 aromatic heterocycles. The topological polar surface area (TPSA) is 20.3 Å². The zero-order chi connectivity index (χ0) is 12.0. The van der Waals surface area contributed by atoms with Gasteiger partial charge < -0.3 is 4.90 Å². The number of likely N-dealkylation sites (tertiary alicyclic amines) is 1. The van der Waals surface area contributed by atoms with E-state index < -0.39 is 0 Å². The van der Waals surface area contributed by atoms with Gasteiger partial charge in [-0.3, -0.25) is 4.79 Å². The van der Waals surface area contributed by atoms with Crippen molar-refractivity contribution in [3.05, 3.63) is 0 Å². The van der Waals surface area contributed by atoms with Crippen molar-refractivity contribution < 1.29 is 4.79 Å². The Bertz CT molecular complexity index is 205. The molecule has 1 aliphatic rings. The van der Waals surface area contributed by atoms with E-state index >= 15 is 0 Å². The van der Waals surface area contributed by atoms with Crippen molar-refractivity contribution in [3.8, 4) is 0 Å². The summed E-state index contributed by atoms with van der Waals surface area (Å²) in [6, 6.07) is 0.941. The van der Waals surface area contributed by atoms with Crippen LogP contribution >= 0.6 is 0 Å². The van der Waals surface area contributed by atoms with E-state index in [1.54, 1.807) is 0 Å². The molecule has 0 aliphatic carbocycles. The molecule has 1 saturated heterocycles. The Morgan fingerprint density at radius 1 is 1.06 bits per heavy atom. The van der Waals surface area contributed by atoms with Gasteiger partial charge in [-0.1, -0.05) is 32.6 Å². The molecule has 1 fully saturated rings. The van der Waals surface area contributed by atoms with E-state index in [2.05, 4.69) is 25.7 Å². The van der Waals surface area contributed by atoms with Crippen LogP contribution in [0.25, 0.3) is 0 Å². The molecule has 0 unspecified atom stereocenters. The van der Waals surface area contributed by atoms with Crippen molar-refractivity contribution in [3.63, 3.8) is 0 Å². The third-order valence-corrected chi connectivity index (χ3v) is 3.73. The highest BCUT2D eigenvalue weighted by Gasteiger charge is 2.30. The van der Waals surface area contributed by atoms with Gasteiger partial charge in [0.25, 0.3) is 0 Å². The van der Waals surface area contributed by atoms with Crippen LogP contribution in [0.2, 0.25) is 0 Å². The van der Waals surface area contributed by atoms with Gasteiger partial charge in [-0.2, -0.15) is 0 Å². The second kappa shape index (κ2) is 6.93. The molecule has 2 nitrogen and oxygen atoms in total. The van der Waals surface area contributed by atoms with Crippen molar-refractivity contribution in [2.75, 3.05) is 0 Å². The van der Waals surface area contributed by atoms with Crippen LogP contribution in [0, 0.1) is 0 Å². The summed E-state index contributed by atoms with van der Waals surface area (Å²) < 4.78 is 0. The first kappa shape index (κ1) is 13.5. The van der Waals surface area contributed by atoms with Crippen LogP contribution in [0.3, 0.4) is 0 Å². The first-order valence-electron chi connectivity index (χ1n) is 6.98. The Morgan fingerprint density at radius 3 is 2.19 bits per heavy atom. The Balaban J connectivity index is 2.19. The van der Waals surface area contributed by atoms with Crippen molar-refractivity contribution in [2.45, 2.75) is 84.2 Å². The van der Waals surface area contributed by atoms with Crippen molar-refractivity contribution in [1.82, 2.24) is 4.90 Å². The Kier molecular flexibility index (Phi) is 5.86. The second-order valence-corrected chi connectivity index (χ2v) is 5.24. The molecule has 16 heavy (non-hydrogen) atoms. The van der Waals surface area contributed by atoms with Crippen LogP contribution in [0.1, 0.15) is 72.1 Å². The largest absolute Gasteiger partial charge is 0.337 e. The molecule has 0 saturated carbocycles. The fourth-order valence-corrected chi connectivity index (χ4v) is 2.70. The van der Waals surface area contributed by atoms with E-state index in [4.69, 9.17) is 0 Å². The van der Waals surface area contributed by atoms with E-state index in [0.717, 1.165) is 12.8 Å². The lowest BCUT2D eigenvalue weighted by atomic mass is 10.1. The van der Waals surface area contributed by atoms with Gasteiger partial charge in [0.1, 0.15) is 0 Å². The van der Waals surface area contributed by atoms with Gasteiger partial charge in [0.05, 0.1) is 0 Å². The van der Waals surface area contributed by atoms with Gasteiger partial charge in [-0.05, 0) is 33.1 Å². The predicted octanol–water partition coefficient (Wildman–Crippen LogP) is 3.75. The normalized spacial score (nSPS) is 25.1. The highest BCUT2D eigenvalue weighted by atomic mass is 16.2. The molecule has 1 amide bonds. The summed E-state index contributed by atoms with van der Waals surface area (Å²) in [4.78, 5) is 14.1. The lowest BCUT2D eigenvalue weighted by Crippen LogP contribution is -2.38. The maximum atomic E-state index is 12.0. The molecule has 0 bridgehead atoms. The van der Waals surface area contributed by atoms with E-state index in [0.29, 0.717) is 18.0 Å². The van der Waals surface area contributed by atoms with E-state index in [1.165, 1.54) is 38.5 Å². The fourth-order valence-electron chi connectivity index (χ4n) is 2.70. The van der Waals surface area contributed by atoms with Gasteiger partial charge in [-0.25, -0.2) is 0 Å². The molecule has 1 heterocycles. The highest BCUT2D eigenvalue weighted by molar-refractivity contribution is 5.77. The summed E-state index contributed by atoms with van der Waals surface area (Å²) in [6.07, 6.45) is 9.29. The van der Waals surface area contributed by atoms with Crippen LogP contribution in [0.15, 0.2) is 0 Å². The second-order valence-electron chi connectivity index (χ2n) is 5.24. The monoisotopic (exact) mass is 225 g/mol. The summed E-state index contributed by atoms with van der Waals surface area (Å²) in [5.41, 5.74) is 0. The van der Waals surface area contributed by atoms with Crippen LogP contribution in [-0.2, 0) is 4.79 Å². The molecule has 94 valence electrons. The minimum absolute atomic E-state index is 0.383. The van der Waals surface area contributed by atoms with Gasteiger partial charge in [0.2, 0.25) is 5.91 Å². The molecule has 0 aromatic carbocycles. The average molecular weight is 225 g/mol. The number of unbranched alkanes of at least 4 members (excludes halogenated alkanes) is 4.